The summed E-state index contributed by atoms with van der Waals surface area (Å²) in [5, 5.41) is 4.07. The molecule has 20 heavy (non-hydrogen) atoms. The van der Waals surface area contributed by atoms with Gasteiger partial charge in [0.15, 0.2) is 0 Å². The maximum Gasteiger partial charge on any atom is 0.513 e. The van der Waals surface area contributed by atoms with Gasteiger partial charge in [-0.2, -0.15) is 5.10 Å². The lowest BCUT2D eigenvalue weighted by atomic mass is 9.79. The van der Waals surface area contributed by atoms with Crippen LogP contribution in [-0.2, 0) is 13.7 Å². The van der Waals surface area contributed by atoms with Crippen molar-refractivity contribution in [1.82, 2.24) is 9.78 Å². The van der Waals surface area contributed by atoms with Gasteiger partial charge in [-0.25, -0.2) is 4.39 Å². The minimum Gasteiger partial charge on any atom is -0.490 e. The summed E-state index contributed by atoms with van der Waals surface area (Å²) < 4.78 is 58.1. The Labute approximate surface area is 113 Å². The number of aromatic nitrogens is 2. The Balaban J connectivity index is 2.23. The van der Waals surface area contributed by atoms with Crippen molar-refractivity contribution in [2.24, 2.45) is 7.05 Å². The highest BCUT2D eigenvalue weighted by molar-refractivity contribution is 6.74. The number of aryl methyl sites for hydroxylation is 2. The second-order valence-electron chi connectivity index (χ2n) is 4.45. The van der Waals surface area contributed by atoms with E-state index >= 15 is 0 Å². The molecular weight excluding hydrogens is 275 g/mol. The van der Waals surface area contributed by atoms with Crippen molar-refractivity contribution < 1.29 is 22.1 Å². The molecule has 0 amide bonds. The van der Waals surface area contributed by atoms with Crippen molar-refractivity contribution in [3.8, 4) is 5.75 Å². The Bertz CT molecular complexity index is 624. The fourth-order valence-corrected chi connectivity index (χ4v) is 1.86. The summed E-state index contributed by atoms with van der Waals surface area (Å²) >= 11 is 0. The van der Waals surface area contributed by atoms with Crippen LogP contribution in [0.4, 0.5) is 17.3 Å². The van der Waals surface area contributed by atoms with Crippen molar-refractivity contribution in [1.29, 1.82) is 0 Å². The molecule has 0 bridgehead atoms. The van der Waals surface area contributed by atoms with E-state index in [0.29, 0.717) is 11.8 Å². The smallest absolute Gasteiger partial charge is 0.490 e. The SMILES string of the molecule is Cc1cc(COc2ccc(F)cc2[B-](F)(F)F)n(C)n1. The topological polar surface area (TPSA) is 27.1 Å². The highest BCUT2D eigenvalue weighted by atomic mass is 19.4. The van der Waals surface area contributed by atoms with E-state index in [2.05, 4.69) is 5.10 Å². The molecule has 8 heteroatoms. The molecule has 108 valence electrons. The maximum atomic E-state index is 12.9. The van der Waals surface area contributed by atoms with Crippen LogP contribution >= 0.6 is 0 Å². The van der Waals surface area contributed by atoms with Gasteiger partial charge in [0.2, 0.25) is 0 Å². The highest BCUT2D eigenvalue weighted by Gasteiger charge is 2.29. The van der Waals surface area contributed by atoms with Crippen molar-refractivity contribution >= 4 is 12.4 Å². The van der Waals surface area contributed by atoms with Crippen LogP contribution in [0.25, 0.3) is 0 Å². The van der Waals surface area contributed by atoms with E-state index in [9.17, 15) is 17.3 Å². The van der Waals surface area contributed by atoms with Gasteiger partial charge in [0, 0.05) is 7.05 Å². The molecule has 1 aromatic heterocycles. The van der Waals surface area contributed by atoms with E-state index in [1.807, 2.05) is 0 Å². The molecule has 0 aliphatic carbocycles. The van der Waals surface area contributed by atoms with Gasteiger partial charge in [0.1, 0.15) is 12.4 Å². The Morgan fingerprint density at radius 3 is 2.50 bits per heavy atom. The summed E-state index contributed by atoms with van der Waals surface area (Å²) in [5.74, 6) is -1.32. The summed E-state index contributed by atoms with van der Waals surface area (Å²) in [6, 6.07) is 4.09. The Morgan fingerprint density at radius 2 is 1.95 bits per heavy atom. The third kappa shape index (κ3) is 3.12. The van der Waals surface area contributed by atoms with Gasteiger partial charge in [-0.3, -0.25) is 4.68 Å². The Hall–Kier alpha value is -1.99. The number of hydrogen-bond acceptors (Lipinski definition) is 2. The average Bonchev–Trinajstić information content (AvgIpc) is 2.65. The van der Waals surface area contributed by atoms with E-state index < -0.39 is 18.3 Å². The van der Waals surface area contributed by atoms with E-state index in [-0.39, 0.29) is 12.4 Å². The van der Waals surface area contributed by atoms with Crippen LogP contribution in [0.2, 0.25) is 0 Å². The normalized spacial score (nSPS) is 11.7. The summed E-state index contributed by atoms with van der Waals surface area (Å²) in [7, 11) is 1.67. The standard InChI is InChI=1S/C12H12BF4N2O/c1-8-5-10(19(2)18-8)7-20-12-4-3-9(14)6-11(12)13(15,16)17/h3-6H,7H2,1-2H3/q-1. The zero-order valence-electron chi connectivity index (χ0n) is 10.9. The zero-order valence-corrected chi connectivity index (χ0v) is 10.9. The predicted octanol–water partition coefficient (Wildman–Crippen LogP) is 2.50. The molecule has 0 aliphatic heterocycles. The second-order valence-corrected chi connectivity index (χ2v) is 4.45. The van der Waals surface area contributed by atoms with Crippen molar-refractivity contribution in [2.75, 3.05) is 0 Å². The Kier molecular flexibility index (Phi) is 3.74. The van der Waals surface area contributed by atoms with Crippen LogP contribution in [0.15, 0.2) is 24.3 Å². The molecule has 3 nitrogen and oxygen atoms in total. The molecule has 0 spiro atoms. The van der Waals surface area contributed by atoms with Gasteiger partial charge in [-0.15, -0.1) is 0 Å². The number of benzene rings is 1. The molecular formula is C12H12BF4N2O-. The van der Waals surface area contributed by atoms with E-state index in [0.717, 1.165) is 17.8 Å². The van der Waals surface area contributed by atoms with Crippen molar-refractivity contribution in [2.45, 2.75) is 13.5 Å². The summed E-state index contributed by atoms with van der Waals surface area (Å²) in [6.07, 6.45) is 0. The molecule has 0 N–H and O–H groups in total. The van der Waals surface area contributed by atoms with Gasteiger partial charge < -0.3 is 17.7 Å². The van der Waals surface area contributed by atoms with Crippen molar-refractivity contribution in [3.05, 3.63) is 41.5 Å². The van der Waals surface area contributed by atoms with Crippen LogP contribution in [0, 0.1) is 12.7 Å². The molecule has 2 rings (SSSR count). The third-order valence-corrected chi connectivity index (χ3v) is 2.80. The molecule has 0 saturated carbocycles. The summed E-state index contributed by atoms with van der Waals surface area (Å²) in [4.78, 5) is 0. The first-order valence-corrected chi connectivity index (χ1v) is 5.89. The van der Waals surface area contributed by atoms with Crippen LogP contribution in [-0.4, -0.2) is 16.8 Å². The quantitative estimate of drug-likeness (QED) is 0.638. The molecule has 0 aliphatic rings. The van der Waals surface area contributed by atoms with E-state index in [1.54, 1.807) is 20.0 Å². The molecule has 2 aromatic rings. The number of hydrogen-bond donors (Lipinski definition) is 0. The molecule has 1 heterocycles. The van der Waals surface area contributed by atoms with Crippen LogP contribution in [0.1, 0.15) is 11.4 Å². The van der Waals surface area contributed by atoms with Gasteiger partial charge in [-0.1, -0.05) is 5.46 Å². The minimum absolute atomic E-state index is 0.0673. The van der Waals surface area contributed by atoms with E-state index in [4.69, 9.17) is 4.74 Å². The number of nitrogens with zero attached hydrogens (tertiary/aromatic N) is 2. The van der Waals surface area contributed by atoms with Gasteiger partial charge in [0.05, 0.1) is 17.1 Å². The number of ether oxygens (including phenoxy) is 1. The summed E-state index contributed by atoms with van der Waals surface area (Å²) in [6.45, 7) is -3.63. The fraction of sp³-hybridized carbons (Fsp3) is 0.250. The highest BCUT2D eigenvalue weighted by Crippen LogP contribution is 2.20. The molecule has 0 unspecified atom stereocenters. The summed E-state index contributed by atoms with van der Waals surface area (Å²) in [5.41, 5.74) is 0.307. The second kappa shape index (κ2) is 5.18. The third-order valence-electron chi connectivity index (χ3n) is 2.80. The first kappa shape index (κ1) is 14.4. The lowest BCUT2D eigenvalue weighted by Gasteiger charge is -2.19. The van der Waals surface area contributed by atoms with Crippen LogP contribution in [0.5, 0.6) is 5.75 Å². The fourth-order valence-electron chi connectivity index (χ4n) is 1.86. The largest absolute Gasteiger partial charge is 0.513 e. The number of rotatable bonds is 4. The average molecular weight is 287 g/mol. The molecule has 1 aromatic carbocycles. The van der Waals surface area contributed by atoms with Crippen LogP contribution < -0.4 is 10.2 Å². The first-order chi connectivity index (χ1) is 9.27. The number of halogens is 4. The lowest BCUT2D eigenvalue weighted by Crippen LogP contribution is -2.35. The maximum absolute atomic E-state index is 12.9. The zero-order chi connectivity index (χ0) is 14.9. The monoisotopic (exact) mass is 287 g/mol. The van der Waals surface area contributed by atoms with E-state index in [1.165, 1.54) is 4.68 Å². The Morgan fingerprint density at radius 1 is 1.25 bits per heavy atom. The van der Waals surface area contributed by atoms with Crippen molar-refractivity contribution in [3.63, 3.8) is 0 Å². The first-order valence-electron chi connectivity index (χ1n) is 5.89. The predicted molar refractivity (Wildman–Crippen MR) is 67.4 cm³/mol. The molecule has 0 atom stereocenters. The molecule has 0 saturated heterocycles. The van der Waals surface area contributed by atoms with Gasteiger partial charge in [0.25, 0.3) is 0 Å². The lowest BCUT2D eigenvalue weighted by molar-refractivity contribution is 0.295. The van der Waals surface area contributed by atoms with Crippen LogP contribution in [0.3, 0.4) is 0 Å². The van der Waals surface area contributed by atoms with Gasteiger partial charge in [-0.05, 0) is 31.2 Å². The molecule has 0 fully saturated rings. The molecule has 0 radical (unpaired) electrons. The van der Waals surface area contributed by atoms with Gasteiger partial charge >= 0.3 is 6.98 Å². The minimum atomic E-state index is -5.33.